The van der Waals surface area contributed by atoms with Gasteiger partial charge in [0.05, 0.1) is 0 Å². The minimum absolute atomic E-state index is 0.646. The van der Waals surface area contributed by atoms with E-state index in [4.69, 9.17) is 4.42 Å². The van der Waals surface area contributed by atoms with Crippen LogP contribution in [0.3, 0.4) is 0 Å². The van der Waals surface area contributed by atoms with Crippen molar-refractivity contribution in [3.05, 3.63) is 54.6 Å². The highest BCUT2D eigenvalue weighted by molar-refractivity contribution is 6.65. The van der Waals surface area contributed by atoms with Gasteiger partial charge < -0.3 is 4.42 Å². The Morgan fingerprint density at radius 1 is 0.875 bits per heavy atom. The van der Waals surface area contributed by atoms with Gasteiger partial charge in [0.25, 0.3) is 7.28 Å². The van der Waals surface area contributed by atoms with Crippen LogP contribution in [-0.4, -0.2) is 12.3 Å². The first-order valence-electron chi connectivity index (χ1n) is 5.17. The van der Waals surface area contributed by atoms with E-state index in [2.05, 4.69) is 4.98 Å². The molecule has 0 aliphatic heterocycles. The summed E-state index contributed by atoms with van der Waals surface area (Å²) >= 11 is 0. The van der Waals surface area contributed by atoms with Gasteiger partial charge in [0.2, 0.25) is 0 Å². The van der Waals surface area contributed by atoms with Crippen molar-refractivity contribution >= 4 is 29.6 Å². The highest BCUT2D eigenvalue weighted by Crippen LogP contribution is 2.08. The Labute approximate surface area is 94.2 Å². The van der Waals surface area contributed by atoms with Crippen molar-refractivity contribution in [2.45, 2.75) is 0 Å². The highest BCUT2D eigenvalue weighted by Gasteiger charge is 2.06. The average Bonchev–Trinajstić information content (AvgIpc) is 2.72. The van der Waals surface area contributed by atoms with Crippen molar-refractivity contribution in [1.82, 2.24) is 4.98 Å². The Morgan fingerprint density at radius 2 is 1.62 bits per heavy atom. The second-order valence-electron chi connectivity index (χ2n) is 3.57. The first kappa shape index (κ1) is 9.22. The molecule has 3 heteroatoms. The predicted octanol–water partition coefficient (Wildman–Crippen LogP) is 1.48. The van der Waals surface area contributed by atoms with Crippen LogP contribution in [0, 0.1) is 0 Å². The number of oxazole rings is 1. The number of para-hydroxylation sites is 2. The summed E-state index contributed by atoms with van der Waals surface area (Å²) in [5, 5.41) is 0. The molecule has 1 heterocycles. The van der Waals surface area contributed by atoms with Crippen LogP contribution in [0.2, 0.25) is 0 Å². The molecule has 3 aromatic rings. The molecule has 0 bridgehead atoms. The van der Waals surface area contributed by atoms with Crippen LogP contribution in [0.5, 0.6) is 0 Å². The molecule has 0 amide bonds. The Morgan fingerprint density at radius 3 is 2.44 bits per heavy atom. The predicted molar refractivity (Wildman–Crippen MR) is 65.5 cm³/mol. The fourth-order valence-electron chi connectivity index (χ4n) is 1.64. The minimum Gasteiger partial charge on any atom is -0.451 e. The van der Waals surface area contributed by atoms with Gasteiger partial charge in [-0.2, -0.15) is 0 Å². The Kier molecular flexibility index (Phi) is 2.22. The molecule has 0 N–H and O–H groups in total. The minimum atomic E-state index is 0.646. The van der Waals surface area contributed by atoms with Gasteiger partial charge >= 0.3 is 0 Å². The molecule has 0 aliphatic rings. The quantitative estimate of drug-likeness (QED) is 0.593. The molecule has 0 atom stereocenters. The number of aromatic nitrogens is 1. The largest absolute Gasteiger partial charge is 0.451 e. The molecule has 0 aliphatic carbocycles. The van der Waals surface area contributed by atoms with E-state index < -0.39 is 0 Å². The number of benzene rings is 2. The summed E-state index contributed by atoms with van der Waals surface area (Å²) in [6, 6.07) is 17.8. The molecule has 75 valence electrons. The SMILES string of the molecule is [B](c1ccccc1)c1nc2ccccc2o1. The van der Waals surface area contributed by atoms with E-state index in [1.165, 1.54) is 0 Å². The van der Waals surface area contributed by atoms with Gasteiger partial charge in [-0.05, 0) is 12.1 Å². The summed E-state index contributed by atoms with van der Waals surface area (Å²) in [4.78, 5) is 4.39. The van der Waals surface area contributed by atoms with E-state index in [1.54, 1.807) is 0 Å². The summed E-state index contributed by atoms with van der Waals surface area (Å²) in [5.74, 6) is 0.646. The van der Waals surface area contributed by atoms with Gasteiger partial charge in [-0.1, -0.05) is 47.9 Å². The third-order valence-electron chi connectivity index (χ3n) is 2.40. The number of fused-ring (bicyclic) bond motifs is 1. The smallest absolute Gasteiger partial charge is 0.267 e. The lowest BCUT2D eigenvalue weighted by Gasteiger charge is -1.92. The molecule has 0 saturated carbocycles. The summed E-state index contributed by atoms with van der Waals surface area (Å²) in [6.07, 6.45) is 0. The Hall–Kier alpha value is -2.03. The molecule has 0 unspecified atom stereocenters. The maximum Gasteiger partial charge on any atom is 0.267 e. The molecule has 0 saturated heterocycles. The first-order valence-corrected chi connectivity index (χ1v) is 5.17. The van der Waals surface area contributed by atoms with Crippen LogP contribution in [0.25, 0.3) is 11.1 Å². The van der Waals surface area contributed by atoms with E-state index >= 15 is 0 Å². The zero-order valence-electron chi connectivity index (χ0n) is 8.63. The van der Waals surface area contributed by atoms with E-state index in [0.29, 0.717) is 5.79 Å². The molecule has 0 spiro atoms. The van der Waals surface area contributed by atoms with Gasteiger partial charge in [-0.3, -0.25) is 0 Å². The Bertz CT molecular complexity index is 570. The fourth-order valence-corrected chi connectivity index (χ4v) is 1.64. The first-order chi connectivity index (χ1) is 7.92. The molecule has 1 radical (unpaired) electrons. The van der Waals surface area contributed by atoms with Gasteiger partial charge in [-0.25, -0.2) is 4.98 Å². The third-order valence-corrected chi connectivity index (χ3v) is 2.40. The summed E-state index contributed by atoms with van der Waals surface area (Å²) in [6.45, 7) is 0. The van der Waals surface area contributed by atoms with Crippen LogP contribution in [-0.2, 0) is 0 Å². The van der Waals surface area contributed by atoms with Crippen molar-refractivity contribution in [2.24, 2.45) is 0 Å². The second kappa shape index (κ2) is 3.85. The molecular weight excluding hydrogens is 197 g/mol. The lowest BCUT2D eigenvalue weighted by Crippen LogP contribution is -2.27. The van der Waals surface area contributed by atoms with Crippen LogP contribution in [0.15, 0.2) is 59.0 Å². The lowest BCUT2D eigenvalue weighted by atomic mass is 9.70. The maximum atomic E-state index is 5.61. The monoisotopic (exact) mass is 206 g/mol. The molecule has 2 nitrogen and oxygen atoms in total. The number of hydrogen-bond acceptors (Lipinski definition) is 2. The van der Waals surface area contributed by atoms with Crippen molar-refractivity contribution < 1.29 is 4.42 Å². The van der Waals surface area contributed by atoms with Crippen molar-refractivity contribution in [1.29, 1.82) is 0 Å². The molecular formula is C13H9BNO. The number of rotatable bonds is 2. The summed E-state index contributed by atoms with van der Waals surface area (Å²) in [5.41, 5.74) is 2.81. The van der Waals surface area contributed by atoms with E-state index in [9.17, 15) is 0 Å². The Balaban J connectivity index is 1.95. The van der Waals surface area contributed by atoms with Crippen molar-refractivity contribution in [2.75, 3.05) is 0 Å². The van der Waals surface area contributed by atoms with Gasteiger partial charge in [0.1, 0.15) is 11.3 Å². The van der Waals surface area contributed by atoms with Gasteiger partial charge in [-0.15, -0.1) is 0 Å². The average molecular weight is 206 g/mol. The normalized spacial score (nSPS) is 10.5. The van der Waals surface area contributed by atoms with Crippen molar-refractivity contribution in [3.63, 3.8) is 0 Å². The van der Waals surface area contributed by atoms with Crippen LogP contribution >= 0.6 is 0 Å². The topological polar surface area (TPSA) is 26.0 Å². The fraction of sp³-hybridized carbons (Fsp3) is 0. The number of hydrogen-bond donors (Lipinski definition) is 0. The lowest BCUT2D eigenvalue weighted by molar-refractivity contribution is 0.643. The van der Waals surface area contributed by atoms with Crippen LogP contribution in [0.4, 0.5) is 0 Å². The second-order valence-corrected chi connectivity index (χ2v) is 3.57. The molecule has 3 rings (SSSR count). The zero-order chi connectivity index (χ0) is 10.8. The highest BCUT2D eigenvalue weighted by atomic mass is 16.3. The van der Waals surface area contributed by atoms with Crippen LogP contribution in [0.1, 0.15) is 0 Å². The van der Waals surface area contributed by atoms with E-state index in [1.807, 2.05) is 61.9 Å². The summed E-state index contributed by atoms with van der Waals surface area (Å²) < 4.78 is 5.61. The maximum absolute atomic E-state index is 5.61. The zero-order valence-corrected chi connectivity index (χ0v) is 8.63. The summed E-state index contributed by atoms with van der Waals surface area (Å²) in [7, 11) is 1.93. The van der Waals surface area contributed by atoms with Crippen molar-refractivity contribution in [3.8, 4) is 0 Å². The van der Waals surface area contributed by atoms with Gasteiger partial charge in [0.15, 0.2) is 5.58 Å². The van der Waals surface area contributed by atoms with E-state index in [-0.39, 0.29) is 0 Å². The van der Waals surface area contributed by atoms with E-state index in [0.717, 1.165) is 16.6 Å². The molecule has 2 aromatic carbocycles. The standard InChI is InChI=1S/C13H9BNO/c1-2-6-10(7-3-1)14-13-15-11-8-4-5-9-12(11)16-13/h1-9H. The molecule has 1 aromatic heterocycles. The third kappa shape index (κ3) is 1.72. The molecule has 16 heavy (non-hydrogen) atoms. The van der Waals surface area contributed by atoms with Crippen LogP contribution < -0.4 is 11.3 Å². The van der Waals surface area contributed by atoms with Gasteiger partial charge in [0, 0.05) is 0 Å². The molecule has 0 fully saturated rings. The number of nitrogens with zero attached hydrogens (tertiary/aromatic N) is 1.